The van der Waals surface area contributed by atoms with Gasteiger partial charge in [0.2, 0.25) is 29.5 Å². The minimum atomic E-state index is -1.52. The summed E-state index contributed by atoms with van der Waals surface area (Å²) in [4.78, 5) is 71.9. The fourth-order valence-electron chi connectivity index (χ4n) is 2.95. The Kier molecular flexibility index (Phi) is 12.2. The van der Waals surface area contributed by atoms with Gasteiger partial charge in [-0.25, -0.2) is 4.79 Å². The lowest BCUT2D eigenvalue weighted by atomic mass is 10.0. The molecular formula is C21H30N6O8S. The second-order valence-corrected chi connectivity index (χ2v) is 8.22. The molecule has 0 aliphatic carbocycles. The Bertz CT molecular complexity index is 974. The van der Waals surface area contributed by atoms with Crippen molar-refractivity contribution >= 4 is 48.1 Å². The minimum Gasteiger partial charge on any atom is -0.508 e. The third kappa shape index (κ3) is 10.6. The van der Waals surface area contributed by atoms with Gasteiger partial charge in [-0.1, -0.05) is 12.1 Å². The third-order valence-corrected chi connectivity index (χ3v) is 5.24. The lowest BCUT2D eigenvalue weighted by molar-refractivity contribution is -0.142. The van der Waals surface area contributed by atoms with Gasteiger partial charge < -0.3 is 43.4 Å². The number of carboxylic acids is 1. The highest BCUT2D eigenvalue weighted by atomic mass is 32.1. The van der Waals surface area contributed by atoms with E-state index in [1.165, 1.54) is 12.1 Å². The third-order valence-electron chi connectivity index (χ3n) is 4.88. The van der Waals surface area contributed by atoms with E-state index in [1.54, 1.807) is 12.1 Å². The molecule has 0 aliphatic rings. The number of benzene rings is 1. The first-order chi connectivity index (χ1) is 16.8. The lowest BCUT2D eigenvalue weighted by Gasteiger charge is -2.24. The van der Waals surface area contributed by atoms with E-state index in [0.717, 1.165) is 0 Å². The predicted molar refractivity (Wildman–Crippen MR) is 129 cm³/mol. The van der Waals surface area contributed by atoms with Crippen LogP contribution < -0.4 is 33.2 Å². The van der Waals surface area contributed by atoms with E-state index in [9.17, 15) is 33.9 Å². The molecule has 0 spiro atoms. The predicted octanol–water partition coefficient (Wildman–Crippen LogP) is -3.13. The van der Waals surface area contributed by atoms with Crippen LogP contribution in [-0.2, 0) is 35.2 Å². The summed E-state index contributed by atoms with van der Waals surface area (Å²) in [5.41, 5.74) is 16.8. The first-order valence-electron chi connectivity index (χ1n) is 10.7. The maximum atomic E-state index is 12.9. The molecule has 0 bridgehead atoms. The highest BCUT2D eigenvalue weighted by Gasteiger charge is 2.31. The molecule has 1 aromatic rings. The van der Waals surface area contributed by atoms with Gasteiger partial charge in [0.05, 0.1) is 12.5 Å². The van der Waals surface area contributed by atoms with Crippen LogP contribution in [0.4, 0.5) is 0 Å². The van der Waals surface area contributed by atoms with Gasteiger partial charge in [-0.05, 0) is 30.5 Å². The minimum absolute atomic E-state index is 0.0222. The van der Waals surface area contributed by atoms with E-state index in [2.05, 4.69) is 28.6 Å². The van der Waals surface area contributed by atoms with Gasteiger partial charge in [-0.15, -0.1) is 0 Å². The molecule has 1 rings (SSSR count). The van der Waals surface area contributed by atoms with Gasteiger partial charge in [-0.3, -0.25) is 24.0 Å². The number of carbonyl (C=O) groups is 6. The van der Waals surface area contributed by atoms with E-state index in [4.69, 9.17) is 22.3 Å². The molecular weight excluding hydrogens is 496 g/mol. The van der Waals surface area contributed by atoms with Crippen LogP contribution in [0, 0.1) is 0 Å². The highest BCUT2D eigenvalue weighted by molar-refractivity contribution is 7.80. The summed E-state index contributed by atoms with van der Waals surface area (Å²) in [5, 5.41) is 25.2. The number of carboxylic acid groups (broad SMARTS) is 1. The molecule has 4 atom stereocenters. The van der Waals surface area contributed by atoms with Crippen molar-refractivity contribution in [3.8, 4) is 5.75 Å². The Balaban J connectivity index is 2.97. The Hall–Kier alpha value is -3.85. The number of amides is 5. The number of thiol groups is 1. The zero-order valence-corrected chi connectivity index (χ0v) is 20.1. The maximum absolute atomic E-state index is 12.9. The molecule has 0 fully saturated rings. The quantitative estimate of drug-likeness (QED) is 0.105. The van der Waals surface area contributed by atoms with Crippen LogP contribution in [0.3, 0.4) is 0 Å². The van der Waals surface area contributed by atoms with Gasteiger partial charge in [0.15, 0.2) is 0 Å². The van der Waals surface area contributed by atoms with E-state index in [0.29, 0.717) is 5.56 Å². The SMILES string of the molecule is NC(=O)CCC(NC(=O)C(CC(N)=O)NC(=O)C(N)Cc1ccc(O)cc1)C(=O)NC(CS)C(=O)O. The zero-order chi connectivity index (χ0) is 27.4. The molecule has 36 heavy (non-hydrogen) atoms. The number of phenolic OH excluding ortho intramolecular Hbond substituents is 1. The number of aromatic hydroxyl groups is 1. The molecule has 0 heterocycles. The van der Waals surface area contributed by atoms with Crippen molar-refractivity contribution in [2.75, 3.05) is 5.75 Å². The van der Waals surface area contributed by atoms with Crippen molar-refractivity contribution in [2.24, 2.45) is 17.2 Å². The smallest absolute Gasteiger partial charge is 0.327 e. The highest BCUT2D eigenvalue weighted by Crippen LogP contribution is 2.11. The number of hydrogen-bond donors (Lipinski definition) is 9. The summed E-state index contributed by atoms with van der Waals surface area (Å²) >= 11 is 3.84. The number of primary amides is 2. The molecule has 15 heteroatoms. The summed E-state index contributed by atoms with van der Waals surface area (Å²) < 4.78 is 0. The molecule has 0 saturated heterocycles. The van der Waals surface area contributed by atoms with E-state index < -0.39 is 66.1 Å². The van der Waals surface area contributed by atoms with Gasteiger partial charge in [0.25, 0.3) is 0 Å². The average molecular weight is 527 g/mol. The summed E-state index contributed by atoms with van der Waals surface area (Å²) in [6, 6.07) is 0.438. The van der Waals surface area contributed by atoms with Crippen LogP contribution in [0.5, 0.6) is 5.75 Å². The summed E-state index contributed by atoms with van der Waals surface area (Å²) in [6.07, 6.45) is -1.21. The molecule has 14 nitrogen and oxygen atoms in total. The van der Waals surface area contributed by atoms with Gasteiger partial charge >= 0.3 is 5.97 Å². The van der Waals surface area contributed by atoms with Gasteiger partial charge in [0.1, 0.15) is 23.9 Å². The summed E-state index contributed by atoms with van der Waals surface area (Å²) in [5.74, 6) is -6.08. The Morgan fingerprint density at radius 2 is 1.36 bits per heavy atom. The Morgan fingerprint density at radius 1 is 0.833 bits per heavy atom. The van der Waals surface area contributed by atoms with Crippen LogP contribution in [-0.4, -0.2) is 75.6 Å². The fraction of sp³-hybridized carbons (Fsp3) is 0.429. The number of phenols is 1. The normalized spacial score (nSPS) is 13.9. The lowest BCUT2D eigenvalue weighted by Crippen LogP contribution is -2.58. The number of nitrogens with two attached hydrogens (primary N) is 3. The first kappa shape index (κ1) is 30.2. The van der Waals surface area contributed by atoms with Crippen LogP contribution in [0.2, 0.25) is 0 Å². The molecule has 11 N–H and O–H groups in total. The van der Waals surface area contributed by atoms with Crippen LogP contribution in [0.1, 0.15) is 24.8 Å². The summed E-state index contributed by atoms with van der Waals surface area (Å²) in [6.45, 7) is 0. The van der Waals surface area contributed by atoms with Crippen molar-refractivity contribution in [3.63, 3.8) is 0 Å². The number of hydrogen-bond acceptors (Lipinski definition) is 9. The largest absolute Gasteiger partial charge is 0.508 e. The molecule has 0 radical (unpaired) electrons. The summed E-state index contributed by atoms with van der Waals surface area (Å²) in [7, 11) is 0. The number of carbonyl (C=O) groups excluding carboxylic acids is 5. The molecule has 0 saturated carbocycles. The van der Waals surface area contributed by atoms with Crippen LogP contribution in [0.25, 0.3) is 0 Å². The molecule has 1 aromatic carbocycles. The number of rotatable bonds is 15. The van der Waals surface area contributed by atoms with Crippen LogP contribution in [0.15, 0.2) is 24.3 Å². The second kappa shape index (κ2) is 14.5. The van der Waals surface area contributed by atoms with Crippen LogP contribution >= 0.6 is 12.6 Å². The van der Waals surface area contributed by atoms with Gasteiger partial charge in [-0.2, -0.15) is 12.6 Å². The van der Waals surface area contributed by atoms with Crippen molar-refractivity contribution < 1.29 is 39.0 Å². The standard InChI is InChI=1S/C21H30N6O8S/c22-12(7-10-1-3-11(28)4-2-10)18(31)26-14(8-17(24)30)20(33)25-13(5-6-16(23)29)19(32)27-15(9-36)21(34)35/h1-4,12-15,28,36H,5-9,22H2,(H2,23,29)(H2,24,30)(H,25,33)(H,26,31)(H,27,32)(H,34,35). The molecule has 0 aliphatic heterocycles. The van der Waals surface area contributed by atoms with E-state index in [-0.39, 0.29) is 30.8 Å². The molecule has 0 aromatic heterocycles. The average Bonchev–Trinajstić information content (AvgIpc) is 2.80. The Labute approximate surface area is 211 Å². The monoisotopic (exact) mass is 526 g/mol. The number of nitrogens with one attached hydrogen (secondary N) is 3. The fourth-order valence-corrected chi connectivity index (χ4v) is 3.20. The van der Waals surface area contributed by atoms with Crippen molar-refractivity contribution in [3.05, 3.63) is 29.8 Å². The second-order valence-electron chi connectivity index (χ2n) is 7.86. The van der Waals surface area contributed by atoms with Gasteiger partial charge in [0, 0.05) is 12.2 Å². The first-order valence-corrected chi connectivity index (χ1v) is 11.3. The van der Waals surface area contributed by atoms with E-state index in [1.807, 2.05) is 0 Å². The zero-order valence-electron chi connectivity index (χ0n) is 19.2. The maximum Gasteiger partial charge on any atom is 0.327 e. The van der Waals surface area contributed by atoms with Crippen molar-refractivity contribution in [1.82, 2.24) is 16.0 Å². The Morgan fingerprint density at radius 3 is 1.86 bits per heavy atom. The molecule has 4 unspecified atom stereocenters. The van der Waals surface area contributed by atoms with E-state index >= 15 is 0 Å². The molecule has 198 valence electrons. The van der Waals surface area contributed by atoms with Crippen molar-refractivity contribution in [1.29, 1.82) is 0 Å². The molecule has 5 amide bonds. The number of aliphatic carboxylic acids is 1. The van der Waals surface area contributed by atoms with Crippen molar-refractivity contribution in [2.45, 2.75) is 49.9 Å². The topological polar surface area (TPSA) is 257 Å².